The van der Waals surface area contributed by atoms with Crippen LogP contribution in [0.25, 0.3) is 22.3 Å². The Hall–Kier alpha value is -3.97. The molecule has 0 aliphatic carbocycles. The van der Waals surface area contributed by atoms with Crippen LogP contribution in [0.4, 0.5) is 11.5 Å². The monoisotopic (exact) mass is 467 g/mol. The standard InChI is InChI=1S/C28H29N5O2/c1-20-7-9-21(10-8-20)27-30-25-6-4-3-5-24(25)28(31-27)33-17-15-32(16-18-33)19-26(34)29-22-11-13-23(35-2)14-12-22/h3-14H,15-19H2,1-2H3,(H,29,34). The average molecular weight is 468 g/mol. The minimum absolute atomic E-state index is 0.0160. The molecule has 2 heterocycles. The molecule has 1 saturated heterocycles. The summed E-state index contributed by atoms with van der Waals surface area (Å²) >= 11 is 0. The predicted octanol–water partition coefficient (Wildman–Crippen LogP) is 4.37. The lowest BCUT2D eigenvalue weighted by molar-refractivity contribution is -0.117. The highest BCUT2D eigenvalue weighted by Crippen LogP contribution is 2.28. The number of aromatic nitrogens is 2. The van der Waals surface area contributed by atoms with Crippen LogP contribution in [0.1, 0.15) is 5.56 Å². The van der Waals surface area contributed by atoms with Gasteiger partial charge in [0.15, 0.2) is 5.82 Å². The van der Waals surface area contributed by atoms with Crippen molar-refractivity contribution >= 4 is 28.3 Å². The molecule has 0 atom stereocenters. The Morgan fingerprint density at radius 3 is 2.34 bits per heavy atom. The molecule has 1 aliphatic rings. The van der Waals surface area contributed by atoms with Crippen LogP contribution in [0, 0.1) is 6.92 Å². The molecular weight excluding hydrogens is 438 g/mol. The fourth-order valence-corrected chi connectivity index (χ4v) is 4.33. The Morgan fingerprint density at radius 1 is 0.914 bits per heavy atom. The quantitative estimate of drug-likeness (QED) is 0.454. The first kappa shape index (κ1) is 22.8. The number of hydrogen-bond donors (Lipinski definition) is 1. The Morgan fingerprint density at radius 2 is 1.63 bits per heavy atom. The van der Waals surface area contributed by atoms with Gasteiger partial charge in [-0.2, -0.15) is 0 Å². The summed E-state index contributed by atoms with van der Waals surface area (Å²) in [4.78, 5) is 26.9. The van der Waals surface area contributed by atoms with Crippen LogP contribution < -0.4 is 15.0 Å². The van der Waals surface area contributed by atoms with Crippen molar-refractivity contribution < 1.29 is 9.53 Å². The first-order valence-corrected chi connectivity index (χ1v) is 11.8. The van der Waals surface area contributed by atoms with Gasteiger partial charge in [-0.3, -0.25) is 9.69 Å². The van der Waals surface area contributed by atoms with Crippen molar-refractivity contribution in [2.24, 2.45) is 0 Å². The lowest BCUT2D eigenvalue weighted by Gasteiger charge is -2.35. The van der Waals surface area contributed by atoms with Crippen LogP contribution in [-0.4, -0.2) is 60.6 Å². The van der Waals surface area contributed by atoms with E-state index >= 15 is 0 Å². The lowest BCUT2D eigenvalue weighted by atomic mass is 10.1. The van der Waals surface area contributed by atoms with E-state index in [1.807, 2.05) is 42.5 Å². The molecule has 7 nitrogen and oxygen atoms in total. The number of amides is 1. The smallest absolute Gasteiger partial charge is 0.238 e. The summed E-state index contributed by atoms with van der Waals surface area (Å²) in [5.74, 6) is 2.44. The average Bonchev–Trinajstić information content (AvgIpc) is 2.89. The molecule has 1 N–H and O–H groups in total. The number of fused-ring (bicyclic) bond motifs is 1. The molecule has 3 aromatic carbocycles. The van der Waals surface area contributed by atoms with E-state index < -0.39 is 0 Å². The Labute approximate surface area is 205 Å². The van der Waals surface area contributed by atoms with Crippen LogP contribution in [0.3, 0.4) is 0 Å². The number of piperazine rings is 1. The van der Waals surface area contributed by atoms with E-state index in [2.05, 4.69) is 52.4 Å². The number of hydrogen-bond acceptors (Lipinski definition) is 6. The molecule has 1 aromatic heterocycles. The third kappa shape index (κ3) is 5.25. The fourth-order valence-electron chi connectivity index (χ4n) is 4.33. The Kier molecular flexibility index (Phi) is 6.59. The summed E-state index contributed by atoms with van der Waals surface area (Å²) in [6.07, 6.45) is 0. The number of nitrogens with zero attached hydrogens (tertiary/aromatic N) is 4. The topological polar surface area (TPSA) is 70.6 Å². The van der Waals surface area contributed by atoms with Gasteiger partial charge in [0.05, 0.1) is 19.2 Å². The van der Waals surface area contributed by atoms with Gasteiger partial charge in [-0.05, 0) is 43.3 Å². The maximum absolute atomic E-state index is 12.6. The van der Waals surface area contributed by atoms with Crippen LogP contribution in [0.15, 0.2) is 72.8 Å². The highest BCUT2D eigenvalue weighted by molar-refractivity contribution is 5.92. The Balaban J connectivity index is 1.27. The van der Waals surface area contributed by atoms with Crippen LogP contribution in [0.2, 0.25) is 0 Å². The van der Waals surface area contributed by atoms with Gasteiger partial charge in [-0.1, -0.05) is 42.0 Å². The molecule has 0 radical (unpaired) electrons. The lowest BCUT2D eigenvalue weighted by Crippen LogP contribution is -2.49. The minimum atomic E-state index is -0.0160. The van der Waals surface area contributed by atoms with Crippen LogP contribution in [0.5, 0.6) is 5.75 Å². The molecule has 178 valence electrons. The van der Waals surface area contributed by atoms with E-state index in [0.717, 1.165) is 65.7 Å². The van der Waals surface area contributed by atoms with Gasteiger partial charge in [-0.15, -0.1) is 0 Å². The second-order valence-corrected chi connectivity index (χ2v) is 8.79. The van der Waals surface area contributed by atoms with E-state index in [0.29, 0.717) is 6.54 Å². The van der Waals surface area contributed by atoms with Gasteiger partial charge in [0.1, 0.15) is 11.6 Å². The molecule has 1 fully saturated rings. The molecule has 0 bridgehead atoms. The molecule has 4 aromatic rings. The highest BCUT2D eigenvalue weighted by Gasteiger charge is 2.22. The van der Waals surface area contributed by atoms with Gasteiger partial charge in [0.2, 0.25) is 5.91 Å². The second-order valence-electron chi connectivity index (χ2n) is 8.79. The number of ether oxygens (including phenoxy) is 1. The normalized spacial score (nSPS) is 14.2. The summed E-state index contributed by atoms with van der Waals surface area (Å²) < 4.78 is 5.17. The molecule has 1 amide bonds. The van der Waals surface area contributed by atoms with E-state index in [-0.39, 0.29) is 5.91 Å². The molecule has 7 heteroatoms. The summed E-state index contributed by atoms with van der Waals surface area (Å²) in [6.45, 7) is 5.60. The number of carbonyl (C=O) groups excluding carboxylic acids is 1. The number of carbonyl (C=O) groups is 1. The van der Waals surface area contributed by atoms with Gasteiger partial charge in [0.25, 0.3) is 0 Å². The number of benzene rings is 3. The maximum atomic E-state index is 12.6. The fraction of sp³-hybridized carbons (Fsp3) is 0.250. The third-order valence-corrected chi connectivity index (χ3v) is 6.31. The van der Waals surface area contributed by atoms with Crippen LogP contribution in [-0.2, 0) is 4.79 Å². The van der Waals surface area contributed by atoms with Gasteiger partial charge < -0.3 is 15.0 Å². The second kappa shape index (κ2) is 10.1. The van der Waals surface area contributed by atoms with Crippen molar-refractivity contribution in [1.29, 1.82) is 0 Å². The Bertz CT molecular complexity index is 1310. The highest BCUT2D eigenvalue weighted by atomic mass is 16.5. The number of rotatable bonds is 6. The number of aryl methyl sites for hydroxylation is 1. The summed E-state index contributed by atoms with van der Waals surface area (Å²) in [7, 11) is 1.63. The van der Waals surface area contributed by atoms with Gasteiger partial charge >= 0.3 is 0 Å². The van der Waals surface area contributed by atoms with Gasteiger partial charge in [-0.25, -0.2) is 9.97 Å². The molecule has 0 spiro atoms. The van der Waals surface area contributed by atoms with E-state index in [1.165, 1.54) is 5.56 Å². The first-order valence-electron chi connectivity index (χ1n) is 11.8. The van der Waals surface area contributed by atoms with Crippen molar-refractivity contribution in [2.75, 3.05) is 50.1 Å². The number of anilines is 2. The minimum Gasteiger partial charge on any atom is -0.497 e. The first-order chi connectivity index (χ1) is 17.1. The predicted molar refractivity (Wildman–Crippen MR) is 140 cm³/mol. The summed E-state index contributed by atoms with van der Waals surface area (Å²) in [6, 6.07) is 23.9. The molecule has 0 unspecified atom stereocenters. The molecule has 0 saturated carbocycles. The maximum Gasteiger partial charge on any atom is 0.238 e. The van der Waals surface area contributed by atoms with Gasteiger partial charge in [0, 0.05) is 42.8 Å². The van der Waals surface area contributed by atoms with Crippen molar-refractivity contribution in [3.05, 3.63) is 78.4 Å². The number of nitrogens with one attached hydrogen (secondary N) is 1. The number of para-hydroxylation sites is 1. The molecule has 35 heavy (non-hydrogen) atoms. The molecule has 5 rings (SSSR count). The van der Waals surface area contributed by atoms with Crippen molar-refractivity contribution in [1.82, 2.24) is 14.9 Å². The summed E-state index contributed by atoms with van der Waals surface area (Å²) in [5.41, 5.74) is 3.93. The SMILES string of the molecule is COc1ccc(NC(=O)CN2CCN(c3nc(-c4ccc(C)cc4)nc4ccccc34)CC2)cc1. The molecular formula is C28H29N5O2. The van der Waals surface area contributed by atoms with Crippen molar-refractivity contribution in [3.63, 3.8) is 0 Å². The van der Waals surface area contributed by atoms with Crippen molar-refractivity contribution in [3.8, 4) is 17.1 Å². The van der Waals surface area contributed by atoms with E-state index in [9.17, 15) is 4.79 Å². The largest absolute Gasteiger partial charge is 0.497 e. The third-order valence-electron chi connectivity index (χ3n) is 6.31. The van der Waals surface area contributed by atoms with E-state index in [1.54, 1.807) is 7.11 Å². The number of methoxy groups -OCH3 is 1. The zero-order chi connectivity index (χ0) is 24.2. The van der Waals surface area contributed by atoms with E-state index in [4.69, 9.17) is 14.7 Å². The zero-order valence-electron chi connectivity index (χ0n) is 20.1. The zero-order valence-corrected chi connectivity index (χ0v) is 20.1. The molecule has 1 aliphatic heterocycles. The van der Waals surface area contributed by atoms with Crippen molar-refractivity contribution in [2.45, 2.75) is 6.92 Å². The van der Waals surface area contributed by atoms with Crippen LogP contribution >= 0.6 is 0 Å². The summed E-state index contributed by atoms with van der Waals surface area (Å²) in [5, 5.41) is 4.02.